The van der Waals surface area contributed by atoms with Crippen molar-refractivity contribution in [1.29, 1.82) is 0 Å². The average Bonchev–Trinajstić information content (AvgIpc) is 2.42. The van der Waals surface area contributed by atoms with E-state index in [0.717, 1.165) is 12.8 Å². The average molecular weight is 323 g/mol. The number of esters is 3. The SMILES string of the molecule is CCCCOC(=O)CCC(=O)OC(CCCCl)OC(C)=O. The van der Waals surface area contributed by atoms with Crippen LogP contribution in [0.15, 0.2) is 0 Å². The molecular formula is C14H23ClO6. The van der Waals surface area contributed by atoms with Crippen molar-refractivity contribution in [3.05, 3.63) is 0 Å². The normalized spacial score (nSPS) is 11.6. The van der Waals surface area contributed by atoms with Crippen LogP contribution in [0.25, 0.3) is 0 Å². The summed E-state index contributed by atoms with van der Waals surface area (Å²) < 4.78 is 14.8. The third kappa shape index (κ3) is 12.2. The van der Waals surface area contributed by atoms with E-state index in [1.807, 2.05) is 6.92 Å². The summed E-state index contributed by atoms with van der Waals surface area (Å²) in [5.74, 6) is -1.21. The lowest BCUT2D eigenvalue weighted by Crippen LogP contribution is -2.24. The third-order valence-electron chi connectivity index (χ3n) is 2.43. The lowest BCUT2D eigenvalue weighted by molar-refractivity contribution is -0.188. The first kappa shape index (κ1) is 19.7. The van der Waals surface area contributed by atoms with Crippen LogP contribution >= 0.6 is 11.6 Å². The van der Waals surface area contributed by atoms with Crippen LogP contribution < -0.4 is 0 Å². The highest BCUT2D eigenvalue weighted by Crippen LogP contribution is 2.08. The first-order valence-electron chi connectivity index (χ1n) is 7.07. The van der Waals surface area contributed by atoms with E-state index in [1.165, 1.54) is 6.92 Å². The van der Waals surface area contributed by atoms with E-state index in [2.05, 4.69) is 0 Å². The van der Waals surface area contributed by atoms with Gasteiger partial charge >= 0.3 is 17.9 Å². The van der Waals surface area contributed by atoms with Gasteiger partial charge in [0.05, 0.1) is 19.4 Å². The zero-order valence-electron chi connectivity index (χ0n) is 12.6. The lowest BCUT2D eigenvalue weighted by atomic mass is 10.3. The van der Waals surface area contributed by atoms with Crippen LogP contribution in [0.5, 0.6) is 0 Å². The van der Waals surface area contributed by atoms with Crippen molar-refractivity contribution in [2.75, 3.05) is 12.5 Å². The summed E-state index contributed by atoms with van der Waals surface area (Å²) in [6.45, 7) is 3.57. The van der Waals surface area contributed by atoms with E-state index in [9.17, 15) is 14.4 Å². The molecule has 0 aliphatic heterocycles. The molecule has 0 aliphatic carbocycles. The second kappa shape index (κ2) is 12.4. The van der Waals surface area contributed by atoms with E-state index >= 15 is 0 Å². The Morgan fingerprint density at radius 2 is 1.71 bits per heavy atom. The molecule has 0 fully saturated rings. The Labute approximate surface area is 130 Å². The molecule has 0 saturated heterocycles. The molecule has 7 heteroatoms. The van der Waals surface area contributed by atoms with Crippen LogP contribution in [-0.4, -0.2) is 36.7 Å². The highest BCUT2D eigenvalue weighted by molar-refractivity contribution is 6.17. The van der Waals surface area contributed by atoms with Crippen LogP contribution in [0.4, 0.5) is 0 Å². The van der Waals surface area contributed by atoms with Gasteiger partial charge in [0.25, 0.3) is 0 Å². The van der Waals surface area contributed by atoms with Crippen molar-refractivity contribution < 1.29 is 28.6 Å². The van der Waals surface area contributed by atoms with E-state index in [0.29, 0.717) is 25.3 Å². The third-order valence-corrected chi connectivity index (χ3v) is 2.70. The minimum atomic E-state index is -0.954. The molecule has 1 atom stereocenters. The van der Waals surface area contributed by atoms with Crippen molar-refractivity contribution in [2.45, 2.75) is 58.7 Å². The number of halogens is 1. The Morgan fingerprint density at radius 1 is 1.05 bits per heavy atom. The molecule has 0 aromatic carbocycles. The molecule has 0 saturated carbocycles. The second-order valence-electron chi connectivity index (χ2n) is 4.43. The van der Waals surface area contributed by atoms with E-state index in [1.54, 1.807) is 0 Å². The number of carbonyl (C=O) groups is 3. The number of ether oxygens (including phenoxy) is 3. The van der Waals surface area contributed by atoms with Gasteiger partial charge in [-0.15, -0.1) is 11.6 Å². The Bertz CT molecular complexity index is 331. The maximum Gasteiger partial charge on any atom is 0.309 e. The van der Waals surface area contributed by atoms with Crippen molar-refractivity contribution in [3.8, 4) is 0 Å². The van der Waals surface area contributed by atoms with Crippen molar-refractivity contribution in [1.82, 2.24) is 0 Å². The molecule has 0 N–H and O–H groups in total. The summed E-state index contributed by atoms with van der Waals surface area (Å²) in [5.41, 5.74) is 0. The zero-order valence-corrected chi connectivity index (χ0v) is 13.3. The molecule has 0 aromatic heterocycles. The molecule has 21 heavy (non-hydrogen) atoms. The van der Waals surface area contributed by atoms with Gasteiger partial charge in [0.2, 0.25) is 6.29 Å². The molecule has 6 nitrogen and oxygen atoms in total. The highest BCUT2D eigenvalue weighted by Gasteiger charge is 2.18. The number of carbonyl (C=O) groups excluding carboxylic acids is 3. The molecule has 0 aromatic rings. The minimum absolute atomic E-state index is 0.0507. The molecule has 0 rings (SSSR count). The maximum atomic E-state index is 11.6. The van der Waals surface area contributed by atoms with Gasteiger partial charge in [0.1, 0.15) is 0 Å². The minimum Gasteiger partial charge on any atom is -0.466 e. The number of unbranched alkanes of at least 4 members (excludes halogenated alkanes) is 1. The topological polar surface area (TPSA) is 78.9 Å². The van der Waals surface area contributed by atoms with Crippen LogP contribution in [0.2, 0.25) is 0 Å². The Hall–Kier alpha value is -1.30. The number of hydrogen-bond donors (Lipinski definition) is 0. The van der Waals surface area contributed by atoms with Gasteiger partial charge in [-0.2, -0.15) is 0 Å². The van der Waals surface area contributed by atoms with Gasteiger partial charge in [0.15, 0.2) is 0 Å². The fourth-order valence-corrected chi connectivity index (χ4v) is 1.54. The fraction of sp³-hybridized carbons (Fsp3) is 0.786. The van der Waals surface area contributed by atoms with Crippen molar-refractivity contribution in [3.63, 3.8) is 0 Å². The van der Waals surface area contributed by atoms with Crippen molar-refractivity contribution in [2.24, 2.45) is 0 Å². The Morgan fingerprint density at radius 3 is 2.29 bits per heavy atom. The van der Waals surface area contributed by atoms with E-state index in [4.69, 9.17) is 25.8 Å². The second-order valence-corrected chi connectivity index (χ2v) is 4.81. The first-order chi connectivity index (χ1) is 9.99. The van der Waals surface area contributed by atoms with Crippen LogP contribution in [0.1, 0.15) is 52.4 Å². The molecule has 0 spiro atoms. The van der Waals surface area contributed by atoms with Crippen LogP contribution in [-0.2, 0) is 28.6 Å². The smallest absolute Gasteiger partial charge is 0.309 e. The van der Waals surface area contributed by atoms with Gasteiger partial charge in [-0.1, -0.05) is 13.3 Å². The lowest BCUT2D eigenvalue weighted by Gasteiger charge is -2.16. The monoisotopic (exact) mass is 322 g/mol. The maximum absolute atomic E-state index is 11.6. The summed E-state index contributed by atoms with van der Waals surface area (Å²) in [6.07, 6.45) is 1.49. The van der Waals surface area contributed by atoms with Gasteiger partial charge in [-0.25, -0.2) is 0 Å². The summed E-state index contributed by atoms with van der Waals surface area (Å²) >= 11 is 5.54. The van der Waals surface area contributed by atoms with Gasteiger partial charge in [-0.05, 0) is 12.8 Å². The van der Waals surface area contributed by atoms with Gasteiger partial charge < -0.3 is 14.2 Å². The van der Waals surface area contributed by atoms with E-state index in [-0.39, 0.29) is 12.8 Å². The molecule has 1 unspecified atom stereocenters. The van der Waals surface area contributed by atoms with Crippen molar-refractivity contribution >= 4 is 29.5 Å². The highest BCUT2D eigenvalue weighted by atomic mass is 35.5. The summed E-state index contributed by atoms with van der Waals surface area (Å²) in [5, 5.41) is 0. The Balaban J connectivity index is 4.00. The standard InChI is InChI=1S/C14H23ClO6/c1-3-4-10-19-12(17)7-8-13(18)21-14(6-5-9-15)20-11(2)16/h14H,3-10H2,1-2H3. The number of alkyl halides is 1. The number of rotatable bonds is 11. The van der Waals surface area contributed by atoms with Gasteiger partial charge in [-0.3, -0.25) is 14.4 Å². The Kier molecular flexibility index (Phi) is 11.7. The zero-order chi connectivity index (χ0) is 16.1. The predicted molar refractivity (Wildman–Crippen MR) is 76.7 cm³/mol. The molecule has 0 aliphatic rings. The summed E-state index contributed by atoms with van der Waals surface area (Å²) in [6, 6.07) is 0. The molecule has 0 radical (unpaired) electrons. The van der Waals surface area contributed by atoms with Crippen LogP contribution in [0, 0.1) is 0 Å². The first-order valence-corrected chi connectivity index (χ1v) is 7.61. The molecule has 0 bridgehead atoms. The van der Waals surface area contributed by atoms with E-state index < -0.39 is 24.2 Å². The predicted octanol–water partition coefficient (Wildman–Crippen LogP) is 2.56. The molecule has 0 amide bonds. The summed E-state index contributed by atoms with van der Waals surface area (Å²) in [4.78, 5) is 33.8. The van der Waals surface area contributed by atoms with Gasteiger partial charge in [0, 0.05) is 19.2 Å². The number of hydrogen-bond acceptors (Lipinski definition) is 6. The molecule has 122 valence electrons. The largest absolute Gasteiger partial charge is 0.466 e. The molecular weight excluding hydrogens is 300 g/mol. The fourth-order valence-electron chi connectivity index (χ4n) is 1.38. The summed E-state index contributed by atoms with van der Waals surface area (Å²) in [7, 11) is 0. The van der Waals surface area contributed by atoms with Crippen LogP contribution in [0.3, 0.4) is 0 Å². The molecule has 0 heterocycles. The quantitative estimate of drug-likeness (QED) is 0.252.